The number of nitrogens with one attached hydrogen (secondary N) is 1. The highest BCUT2D eigenvalue weighted by Gasteiger charge is 2.17. The molecule has 108 valence electrons. The minimum absolute atomic E-state index is 0.507. The molecule has 1 saturated heterocycles. The van der Waals surface area contributed by atoms with E-state index in [-0.39, 0.29) is 0 Å². The van der Waals surface area contributed by atoms with Crippen LogP contribution in [0.15, 0.2) is 17.5 Å². The standard InChI is InChI=1S/C15H27N3S/c1-13(2)15(14-5-4-12-19-14)16-6-7-18-10-8-17(3)9-11-18/h4-5,12-13,15-16H,6-11H2,1-3H3. The van der Waals surface area contributed by atoms with Gasteiger partial charge in [0.25, 0.3) is 0 Å². The Balaban J connectivity index is 1.74. The number of piperazine rings is 1. The van der Waals surface area contributed by atoms with Crippen molar-refractivity contribution in [2.24, 2.45) is 5.92 Å². The summed E-state index contributed by atoms with van der Waals surface area (Å²) in [5, 5.41) is 5.91. The van der Waals surface area contributed by atoms with Crippen molar-refractivity contribution >= 4 is 11.3 Å². The van der Waals surface area contributed by atoms with E-state index < -0.39 is 0 Å². The summed E-state index contributed by atoms with van der Waals surface area (Å²) in [6.07, 6.45) is 0. The lowest BCUT2D eigenvalue weighted by Crippen LogP contribution is -2.46. The third kappa shape index (κ3) is 4.56. The summed E-state index contributed by atoms with van der Waals surface area (Å²) < 4.78 is 0. The lowest BCUT2D eigenvalue weighted by molar-refractivity contribution is 0.153. The molecule has 0 saturated carbocycles. The van der Waals surface area contributed by atoms with Crippen LogP contribution < -0.4 is 5.32 Å². The molecule has 1 unspecified atom stereocenters. The highest BCUT2D eigenvalue weighted by Crippen LogP contribution is 2.25. The SMILES string of the molecule is CC(C)C(NCCN1CCN(C)CC1)c1cccs1. The normalized spacial score (nSPS) is 20.0. The maximum Gasteiger partial charge on any atom is 0.0438 e. The highest BCUT2D eigenvalue weighted by atomic mass is 32.1. The summed E-state index contributed by atoms with van der Waals surface area (Å²) in [5.41, 5.74) is 0. The molecule has 0 spiro atoms. The Morgan fingerprint density at radius 2 is 2.00 bits per heavy atom. The third-order valence-electron chi connectivity index (χ3n) is 3.90. The zero-order chi connectivity index (χ0) is 13.7. The van der Waals surface area contributed by atoms with Gasteiger partial charge < -0.3 is 10.2 Å². The molecule has 4 heteroatoms. The molecule has 19 heavy (non-hydrogen) atoms. The van der Waals surface area contributed by atoms with Crippen molar-refractivity contribution in [2.45, 2.75) is 19.9 Å². The number of hydrogen-bond acceptors (Lipinski definition) is 4. The highest BCUT2D eigenvalue weighted by molar-refractivity contribution is 7.10. The molecular weight excluding hydrogens is 254 g/mol. The van der Waals surface area contributed by atoms with E-state index in [0.29, 0.717) is 12.0 Å². The fraction of sp³-hybridized carbons (Fsp3) is 0.733. The van der Waals surface area contributed by atoms with Crippen LogP contribution in [0.4, 0.5) is 0 Å². The number of likely N-dealkylation sites (N-methyl/N-ethyl adjacent to an activating group) is 1. The van der Waals surface area contributed by atoms with Gasteiger partial charge in [0.2, 0.25) is 0 Å². The molecule has 0 bridgehead atoms. The van der Waals surface area contributed by atoms with Gasteiger partial charge in [0, 0.05) is 50.2 Å². The zero-order valence-electron chi connectivity index (χ0n) is 12.4. The Morgan fingerprint density at radius 3 is 2.58 bits per heavy atom. The molecule has 1 aliphatic rings. The summed E-state index contributed by atoms with van der Waals surface area (Å²) in [7, 11) is 2.21. The van der Waals surface area contributed by atoms with E-state index in [0.717, 1.165) is 6.54 Å². The Bertz CT molecular complexity index is 342. The van der Waals surface area contributed by atoms with Crippen molar-refractivity contribution in [2.75, 3.05) is 46.3 Å². The Hall–Kier alpha value is -0.420. The van der Waals surface area contributed by atoms with E-state index in [1.807, 2.05) is 11.3 Å². The van der Waals surface area contributed by atoms with Crippen LogP contribution in [-0.4, -0.2) is 56.1 Å². The fourth-order valence-corrected chi connectivity index (χ4v) is 3.56. The molecule has 0 amide bonds. The molecule has 1 atom stereocenters. The van der Waals surface area contributed by atoms with E-state index in [1.165, 1.54) is 37.6 Å². The van der Waals surface area contributed by atoms with E-state index >= 15 is 0 Å². The van der Waals surface area contributed by atoms with Gasteiger partial charge in [-0.25, -0.2) is 0 Å². The average Bonchev–Trinajstić information content (AvgIpc) is 2.90. The van der Waals surface area contributed by atoms with Gasteiger partial charge in [-0.1, -0.05) is 19.9 Å². The third-order valence-corrected chi connectivity index (χ3v) is 4.86. The van der Waals surface area contributed by atoms with Crippen LogP contribution in [0.1, 0.15) is 24.8 Å². The molecule has 0 aliphatic carbocycles. The van der Waals surface area contributed by atoms with Gasteiger partial charge in [-0.05, 0) is 24.4 Å². The zero-order valence-corrected chi connectivity index (χ0v) is 13.2. The van der Waals surface area contributed by atoms with Gasteiger partial charge in [-0.3, -0.25) is 4.90 Å². The van der Waals surface area contributed by atoms with Gasteiger partial charge in [-0.2, -0.15) is 0 Å². The minimum atomic E-state index is 0.507. The van der Waals surface area contributed by atoms with Crippen molar-refractivity contribution in [1.82, 2.24) is 15.1 Å². The van der Waals surface area contributed by atoms with Crippen LogP contribution >= 0.6 is 11.3 Å². The maximum atomic E-state index is 3.74. The Kier molecular flexibility index (Phi) is 5.82. The van der Waals surface area contributed by atoms with Crippen molar-refractivity contribution in [3.8, 4) is 0 Å². The fourth-order valence-electron chi connectivity index (χ4n) is 2.58. The smallest absolute Gasteiger partial charge is 0.0438 e. The molecule has 3 nitrogen and oxygen atoms in total. The minimum Gasteiger partial charge on any atom is -0.308 e. The Morgan fingerprint density at radius 1 is 1.26 bits per heavy atom. The topological polar surface area (TPSA) is 18.5 Å². The lowest BCUT2D eigenvalue weighted by atomic mass is 10.0. The molecule has 1 aromatic heterocycles. The van der Waals surface area contributed by atoms with Gasteiger partial charge in [0.15, 0.2) is 0 Å². The van der Waals surface area contributed by atoms with Crippen molar-refractivity contribution in [3.63, 3.8) is 0 Å². The van der Waals surface area contributed by atoms with Crippen LogP contribution in [0.5, 0.6) is 0 Å². The van der Waals surface area contributed by atoms with E-state index in [1.54, 1.807) is 0 Å². The van der Waals surface area contributed by atoms with Crippen LogP contribution in [0, 0.1) is 5.92 Å². The average molecular weight is 281 g/mol. The predicted molar refractivity (Wildman–Crippen MR) is 83.8 cm³/mol. The molecule has 0 radical (unpaired) electrons. The van der Waals surface area contributed by atoms with Crippen LogP contribution in [0.3, 0.4) is 0 Å². The molecule has 2 rings (SSSR count). The van der Waals surface area contributed by atoms with Gasteiger partial charge >= 0.3 is 0 Å². The van der Waals surface area contributed by atoms with Crippen molar-refractivity contribution in [1.29, 1.82) is 0 Å². The van der Waals surface area contributed by atoms with E-state index in [4.69, 9.17) is 0 Å². The van der Waals surface area contributed by atoms with Gasteiger partial charge in [-0.15, -0.1) is 11.3 Å². The van der Waals surface area contributed by atoms with Crippen LogP contribution in [-0.2, 0) is 0 Å². The first-order valence-electron chi connectivity index (χ1n) is 7.34. The lowest BCUT2D eigenvalue weighted by Gasteiger charge is -2.33. The molecule has 1 aliphatic heterocycles. The summed E-state index contributed by atoms with van der Waals surface area (Å²) in [4.78, 5) is 6.44. The Labute approximate surface area is 121 Å². The number of hydrogen-bond donors (Lipinski definition) is 1. The second kappa shape index (κ2) is 7.39. The van der Waals surface area contributed by atoms with E-state index in [2.05, 4.69) is 53.5 Å². The number of rotatable bonds is 6. The largest absolute Gasteiger partial charge is 0.308 e. The molecule has 2 heterocycles. The molecular formula is C15H27N3S. The van der Waals surface area contributed by atoms with Crippen LogP contribution in [0.2, 0.25) is 0 Å². The quantitative estimate of drug-likeness (QED) is 0.863. The van der Waals surface area contributed by atoms with Crippen LogP contribution in [0.25, 0.3) is 0 Å². The van der Waals surface area contributed by atoms with Crippen molar-refractivity contribution < 1.29 is 0 Å². The van der Waals surface area contributed by atoms with Gasteiger partial charge in [0.05, 0.1) is 0 Å². The summed E-state index contributed by atoms with van der Waals surface area (Å²) >= 11 is 1.86. The second-order valence-corrected chi connectivity index (χ2v) is 6.82. The summed E-state index contributed by atoms with van der Waals surface area (Å²) in [6.45, 7) is 11.7. The molecule has 0 aromatic carbocycles. The maximum absolute atomic E-state index is 3.74. The number of nitrogens with zero attached hydrogens (tertiary/aromatic N) is 2. The summed E-state index contributed by atoms with van der Waals surface area (Å²) in [6, 6.07) is 4.91. The van der Waals surface area contributed by atoms with Gasteiger partial charge in [0.1, 0.15) is 0 Å². The first-order chi connectivity index (χ1) is 9.16. The molecule has 1 fully saturated rings. The van der Waals surface area contributed by atoms with Crippen molar-refractivity contribution in [3.05, 3.63) is 22.4 Å². The predicted octanol–water partition coefficient (Wildman–Crippen LogP) is 2.28. The number of thiophene rings is 1. The summed E-state index contributed by atoms with van der Waals surface area (Å²) in [5.74, 6) is 0.645. The first-order valence-corrected chi connectivity index (χ1v) is 8.22. The van der Waals surface area contributed by atoms with E-state index in [9.17, 15) is 0 Å². The molecule has 1 aromatic rings. The monoisotopic (exact) mass is 281 g/mol. The molecule has 1 N–H and O–H groups in total. The first kappa shape index (κ1) is 15.0. The second-order valence-electron chi connectivity index (χ2n) is 5.84.